The van der Waals surface area contributed by atoms with Crippen molar-refractivity contribution < 1.29 is 33.7 Å². The number of aliphatic carboxylic acids is 1. The van der Waals surface area contributed by atoms with Gasteiger partial charge in [0.15, 0.2) is 12.3 Å². The maximum Gasteiger partial charge on any atom is 0.309 e. The Morgan fingerprint density at radius 2 is 1.91 bits per heavy atom. The summed E-state index contributed by atoms with van der Waals surface area (Å²) in [7, 11) is 1.61. The minimum absolute atomic E-state index is 0.0506. The van der Waals surface area contributed by atoms with E-state index in [9.17, 15) is 30.1 Å². The zero-order chi connectivity index (χ0) is 32.2. The molecule has 2 aromatic carbocycles. The average molecular weight is 600 g/mol. The summed E-state index contributed by atoms with van der Waals surface area (Å²) in [6.45, 7) is 9.13. The number of nitro benzene ring substituents is 1. The van der Waals surface area contributed by atoms with Crippen LogP contribution in [-0.2, 0) is 25.2 Å². The van der Waals surface area contributed by atoms with Crippen LogP contribution in [0.15, 0.2) is 72.0 Å². The topological polar surface area (TPSA) is 146 Å². The van der Waals surface area contributed by atoms with E-state index < -0.39 is 21.7 Å². The molecule has 0 aliphatic carbocycles. The Bertz CT molecular complexity index is 1680. The van der Waals surface area contributed by atoms with Crippen molar-refractivity contribution in [1.82, 2.24) is 0 Å². The van der Waals surface area contributed by atoms with Crippen LogP contribution in [0.4, 0.5) is 17.1 Å². The molecule has 1 N–H and O–H groups in total. The van der Waals surface area contributed by atoms with Gasteiger partial charge in [-0.05, 0) is 55.8 Å². The number of nitrogens with zero attached hydrogens (tertiary/aromatic N) is 4. The zero-order valence-corrected chi connectivity index (χ0v) is 25.4. The third-order valence-electron chi connectivity index (χ3n) is 8.21. The molecule has 0 spiro atoms. The largest absolute Gasteiger partial charge is 0.497 e. The van der Waals surface area contributed by atoms with E-state index >= 15 is 0 Å². The van der Waals surface area contributed by atoms with Crippen LogP contribution in [-0.4, -0.2) is 59.6 Å². The van der Waals surface area contributed by atoms with Gasteiger partial charge in [0.2, 0.25) is 5.69 Å². The van der Waals surface area contributed by atoms with E-state index in [4.69, 9.17) is 9.47 Å². The number of rotatable bonds is 12. The summed E-state index contributed by atoms with van der Waals surface area (Å²) in [6.07, 6.45) is 6.89. The number of carboxylic acid groups (broad SMARTS) is 1. The molecule has 11 nitrogen and oxygen atoms in total. The van der Waals surface area contributed by atoms with Crippen molar-refractivity contribution in [1.29, 1.82) is 5.26 Å². The molecule has 2 aromatic rings. The van der Waals surface area contributed by atoms with Crippen LogP contribution >= 0.6 is 0 Å². The molecule has 0 fully saturated rings. The number of nitriles is 1. The van der Waals surface area contributed by atoms with Gasteiger partial charge >= 0.3 is 5.97 Å². The molecule has 11 heteroatoms. The highest BCUT2D eigenvalue weighted by Crippen LogP contribution is 2.49. The van der Waals surface area contributed by atoms with Gasteiger partial charge in [-0.1, -0.05) is 13.8 Å². The predicted octanol–water partition coefficient (Wildman–Crippen LogP) is 5.32. The molecule has 0 atom stereocenters. The first-order valence-corrected chi connectivity index (χ1v) is 14.0. The number of carboxylic acids is 1. The summed E-state index contributed by atoms with van der Waals surface area (Å²) in [5.74, 6) is -0.250. The molecule has 0 bridgehead atoms. The van der Waals surface area contributed by atoms with Gasteiger partial charge in [-0.3, -0.25) is 19.7 Å². The average Bonchev–Trinajstić information content (AvgIpc) is 3.33. The second-order valence-electron chi connectivity index (χ2n) is 11.5. The fraction of sp³-hybridized carbons (Fsp3) is 0.333. The summed E-state index contributed by atoms with van der Waals surface area (Å²) >= 11 is 0. The number of benzene rings is 2. The zero-order valence-electron chi connectivity index (χ0n) is 25.4. The first kappa shape index (κ1) is 31.7. The fourth-order valence-corrected chi connectivity index (χ4v) is 5.91. The molecule has 4 rings (SSSR count). The molecule has 0 amide bonds. The van der Waals surface area contributed by atoms with Crippen LogP contribution < -0.4 is 9.64 Å². The molecular formula is C33H35N4O7+. The van der Waals surface area contributed by atoms with E-state index in [0.717, 1.165) is 22.7 Å². The summed E-state index contributed by atoms with van der Waals surface area (Å²) in [5, 5.41) is 30.9. The summed E-state index contributed by atoms with van der Waals surface area (Å²) in [4.78, 5) is 35.4. The van der Waals surface area contributed by atoms with E-state index in [1.54, 1.807) is 31.4 Å². The van der Waals surface area contributed by atoms with Crippen molar-refractivity contribution in [2.75, 3.05) is 31.7 Å². The molecule has 2 heterocycles. The molecule has 0 radical (unpaired) electrons. The van der Waals surface area contributed by atoms with Crippen molar-refractivity contribution in [2.24, 2.45) is 0 Å². The maximum absolute atomic E-state index is 11.5. The SMILES string of the molecule is COc1ccc2c(c1)C(C)(C)\C(=C/C=C(C#N)/C=C/C1=[N+](CCC(=O)O)c3ccc([N+](=O)[O-])cc3C1(C)C)N2CCOC=O. The molecule has 2 aliphatic rings. The number of carbonyl (C=O) groups excluding carboxylic acids is 1. The molecule has 44 heavy (non-hydrogen) atoms. The fourth-order valence-electron chi connectivity index (χ4n) is 5.91. The van der Waals surface area contributed by atoms with Gasteiger partial charge in [-0.15, -0.1) is 0 Å². The van der Waals surface area contributed by atoms with E-state index in [2.05, 4.69) is 24.8 Å². The van der Waals surface area contributed by atoms with Crippen molar-refractivity contribution in [3.05, 3.63) is 93.2 Å². The molecule has 2 aliphatic heterocycles. The Labute approximate surface area is 255 Å². The molecule has 0 saturated carbocycles. The number of hydrogen-bond acceptors (Lipinski definition) is 8. The lowest BCUT2D eigenvalue weighted by Gasteiger charge is -2.26. The number of methoxy groups -OCH3 is 1. The number of allylic oxidation sites excluding steroid dienone is 6. The minimum atomic E-state index is -0.966. The first-order chi connectivity index (χ1) is 20.9. The van der Waals surface area contributed by atoms with Crippen LogP contribution in [0.2, 0.25) is 0 Å². The highest BCUT2D eigenvalue weighted by molar-refractivity contribution is 6.03. The number of hydrogen-bond donors (Lipinski definition) is 1. The van der Waals surface area contributed by atoms with E-state index in [0.29, 0.717) is 35.6 Å². The second-order valence-corrected chi connectivity index (χ2v) is 11.5. The van der Waals surface area contributed by atoms with E-state index in [1.165, 1.54) is 12.1 Å². The Hall–Kier alpha value is -5.24. The number of nitro groups is 1. The highest BCUT2D eigenvalue weighted by Gasteiger charge is 2.45. The Morgan fingerprint density at radius 3 is 2.55 bits per heavy atom. The van der Waals surface area contributed by atoms with E-state index in [-0.39, 0.29) is 25.3 Å². The van der Waals surface area contributed by atoms with Gasteiger partial charge in [-0.25, -0.2) is 0 Å². The standard InChI is InChI=1S/C33H34N4O7/c1-32(2)25-18-23(37(41)42)8-10-27(25)35(15-14-31(39)40)29(32)12-6-22(20-34)7-13-30-33(3,4)26-19-24(43-5)9-11-28(26)36(30)16-17-44-21-38/h6-13,18-19,21H,14-17H2,1-5H3/p+1. The number of anilines is 1. The van der Waals surface area contributed by atoms with E-state index in [1.807, 2.05) is 42.7 Å². The molecular weight excluding hydrogens is 564 g/mol. The number of carbonyl (C=O) groups is 2. The molecule has 228 valence electrons. The number of ether oxygens (including phenoxy) is 2. The monoisotopic (exact) mass is 599 g/mol. The van der Waals surface area contributed by atoms with Crippen LogP contribution in [0.25, 0.3) is 0 Å². The van der Waals surface area contributed by atoms with Crippen molar-refractivity contribution in [2.45, 2.75) is 44.9 Å². The minimum Gasteiger partial charge on any atom is -0.497 e. The lowest BCUT2D eigenvalue weighted by Crippen LogP contribution is -2.29. The molecule has 0 aromatic heterocycles. The van der Waals surface area contributed by atoms with Crippen LogP contribution in [0.3, 0.4) is 0 Å². The summed E-state index contributed by atoms with van der Waals surface area (Å²) < 4.78 is 12.3. The third-order valence-corrected chi connectivity index (χ3v) is 8.21. The summed E-state index contributed by atoms with van der Waals surface area (Å²) in [5.41, 5.74) is 4.13. The number of non-ortho nitro benzene ring substituents is 1. The quantitative estimate of drug-likeness (QED) is 0.0652. The molecule has 0 unspecified atom stereocenters. The third kappa shape index (κ3) is 5.97. The van der Waals surface area contributed by atoms with Gasteiger partial charge in [0.25, 0.3) is 12.2 Å². The van der Waals surface area contributed by atoms with Crippen LogP contribution in [0.5, 0.6) is 5.75 Å². The van der Waals surface area contributed by atoms with Gasteiger partial charge < -0.3 is 19.5 Å². The highest BCUT2D eigenvalue weighted by atomic mass is 16.6. The Balaban J connectivity index is 1.75. The van der Waals surface area contributed by atoms with Crippen LogP contribution in [0.1, 0.15) is 45.2 Å². The smallest absolute Gasteiger partial charge is 0.309 e. The lowest BCUT2D eigenvalue weighted by molar-refractivity contribution is -0.436. The van der Waals surface area contributed by atoms with Crippen molar-refractivity contribution in [3.63, 3.8) is 0 Å². The molecule has 0 saturated heterocycles. The van der Waals surface area contributed by atoms with Crippen molar-refractivity contribution in [3.8, 4) is 11.8 Å². The number of fused-ring (bicyclic) bond motifs is 2. The maximum atomic E-state index is 11.5. The second kappa shape index (κ2) is 12.6. The van der Waals surface area contributed by atoms with Gasteiger partial charge in [0.05, 0.1) is 35.6 Å². The normalized spacial score (nSPS) is 17.4. The van der Waals surface area contributed by atoms with Crippen molar-refractivity contribution >= 4 is 35.2 Å². The Morgan fingerprint density at radius 1 is 1.16 bits per heavy atom. The van der Waals surface area contributed by atoms with Gasteiger partial charge in [0, 0.05) is 46.6 Å². The summed E-state index contributed by atoms with van der Waals surface area (Å²) in [6, 6.07) is 12.6. The predicted molar refractivity (Wildman–Crippen MR) is 164 cm³/mol. The van der Waals surface area contributed by atoms with Crippen LogP contribution in [0, 0.1) is 21.4 Å². The first-order valence-electron chi connectivity index (χ1n) is 14.0. The van der Waals surface area contributed by atoms with Gasteiger partial charge in [-0.2, -0.15) is 9.84 Å². The Kier molecular flexibility index (Phi) is 9.04. The lowest BCUT2D eigenvalue weighted by atomic mass is 9.81. The van der Waals surface area contributed by atoms with Gasteiger partial charge in [0.1, 0.15) is 18.8 Å².